The van der Waals surface area contributed by atoms with Crippen LogP contribution in [0.5, 0.6) is 0 Å². The lowest BCUT2D eigenvalue weighted by Crippen LogP contribution is -2.45. The molecular formula is C15H22N4O2S. The first-order valence-electron chi connectivity index (χ1n) is 7.15. The average molecular weight is 322 g/mol. The van der Waals surface area contributed by atoms with Gasteiger partial charge < -0.3 is 9.73 Å². The van der Waals surface area contributed by atoms with Crippen LogP contribution in [-0.4, -0.2) is 40.1 Å². The van der Waals surface area contributed by atoms with Gasteiger partial charge in [0, 0.05) is 5.54 Å². The minimum absolute atomic E-state index is 0.0279. The lowest BCUT2D eigenvalue weighted by molar-refractivity contribution is -0.123. The van der Waals surface area contributed by atoms with Gasteiger partial charge in [-0.2, -0.15) is 0 Å². The fourth-order valence-electron chi connectivity index (χ4n) is 1.91. The summed E-state index contributed by atoms with van der Waals surface area (Å²) in [6.07, 6.45) is 0. The number of likely N-dealkylation sites (N-methyl/N-ethyl adjacent to an activating group) is 1. The molecule has 1 N–H and O–H groups in total. The Morgan fingerprint density at radius 2 is 2.18 bits per heavy atom. The Labute approximate surface area is 134 Å². The minimum atomic E-state index is -0.238. The molecule has 7 heteroatoms. The van der Waals surface area contributed by atoms with Crippen LogP contribution >= 0.6 is 11.3 Å². The van der Waals surface area contributed by atoms with Crippen LogP contribution in [0.3, 0.4) is 0 Å². The second-order valence-corrected chi connectivity index (χ2v) is 7.26. The molecule has 120 valence electrons. The van der Waals surface area contributed by atoms with Crippen molar-refractivity contribution in [1.29, 1.82) is 0 Å². The van der Waals surface area contributed by atoms with E-state index < -0.39 is 0 Å². The molecular weight excluding hydrogens is 300 g/mol. The van der Waals surface area contributed by atoms with Crippen molar-refractivity contribution < 1.29 is 9.21 Å². The van der Waals surface area contributed by atoms with Gasteiger partial charge in [-0.05, 0) is 46.2 Å². The first-order valence-corrected chi connectivity index (χ1v) is 8.03. The van der Waals surface area contributed by atoms with Crippen LogP contribution in [0.2, 0.25) is 0 Å². The normalized spacial score (nSPS) is 13.4. The van der Waals surface area contributed by atoms with Crippen LogP contribution < -0.4 is 5.32 Å². The molecule has 6 nitrogen and oxygen atoms in total. The lowest BCUT2D eigenvalue weighted by Gasteiger charge is -2.25. The van der Waals surface area contributed by atoms with E-state index in [1.165, 1.54) is 0 Å². The molecule has 2 rings (SSSR count). The highest BCUT2D eigenvalue weighted by molar-refractivity contribution is 7.13. The summed E-state index contributed by atoms with van der Waals surface area (Å²) in [5, 5.41) is 13.1. The van der Waals surface area contributed by atoms with Crippen LogP contribution in [-0.2, 0) is 4.79 Å². The Bertz CT molecular complexity index is 616. The zero-order chi connectivity index (χ0) is 16.3. The van der Waals surface area contributed by atoms with E-state index in [2.05, 4.69) is 15.5 Å². The first kappa shape index (κ1) is 16.6. The number of hydrogen-bond acceptors (Lipinski definition) is 6. The highest BCUT2D eigenvalue weighted by atomic mass is 32.1. The SMILES string of the molecule is C[C@H](c1nnc(-c2cccs2)o1)N(C)CC(=O)NC(C)(C)C. The second-order valence-electron chi connectivity index (χ2n) is 6.31. The van der Waals surface area contributed by atoms with Gasteiger partial charge in [-0.25, -0.2) is 0 Å². The third-order valence-corrected chi connectivity index (χ3v) is 3.96. The van der Waals surface area contributed by atoms with Crippen LogP contribution in [0, 0.1) is 0 Å². The van der Waals surface area contributed by atoms with Gasteiger partial charge in [-0.3, -0.25) is 9.69 Å². The number of nitrogens with zero attached hydrogens (tertiary/aromatic N) is 3. The van der Waals surface area contributed by atoms with Crippen molar-refractivity contribution in [2.45, 2.75) is 39.3 Å². The van der Waals surface area contributed by atoms with Gasteiger partial charge in [-0.15, -0.1) is 21.5 Å². The molecule has 2 heterocycles. The summed E-state index contributed by atoms with van der Waals surface area (Å²) in [6.45, 7) is 8.09. The first-order chi connectivity index (χ1) is 10.3. The molecule has 0 spiro atoms. The zero-order valence-electron chi connectivity index (χ0n) is 13.6. The van der Waals surface area contributed by atoms with Crippen molar-refractivity contribution in [2.24, 2.45) is 0 Å². The topological polar surface area (TPSA) is 71.3 Å². The van der Waals surface area contributed by atoms with Crippen LogP contribution in [0.1, 0.15) is 39.6 Å². The van der Waals surface area contributed by atoms with Gasteiger partial charge in [-0.1, -0.05) is 6.07 Å². The van der Waals surface area contributed by atoms with E-state index in [4.69, 9.17) is 4.42 Å². The largest absolute Gasteiger partial charge is 0.418 e. The monoisotopic (exact) mass is 322 g/mol. The third kappa shape index (κ3) is 4.38. The van der Waals surface area contributed by atoms with E-state index in [0.717, 1.165) is 4.88 Å². The number of carbonyl (C=O) groups excluding carboxylic acids is 1. The van der Waals surface area contributed by atoms with E-state index >= 15 is 0 Å². The second kappa shape index (κ2) is 6.58. The van der Waals surface area contributed by atoms with E-state index in [-0.39, 0.29) is 24.0 Å². The van der Waals surface area contributed by atoms with Gasteiger partial charge in [0.25, 0.3) is 5.89 Å². The molecule has 0 bridgehead atoms. The molecule has 0 saturated heterocycles. The lowest BCUT2D eigenvalue weighted by atomic mass is 10.1. The Hall–Kier alpha value is -1.73. The standard InChI is InChI=1S/C15H22N4O2S/c1-10(19(5)9-12(20)16-15(2,3)4)13-17-18-14(21-13)11-7-6-8-22-11/h6-8,10H,9H2,1-5H3,(H,16,20)/t10-/m1/s1. The van der Waals surface area contributed by atoms with Crippen molar-refractivity contribution in [2.75, 3.05) is 13.6 Å². The molecule has 1 atom stereocenters. The number of rotatable bonds is 5. The van der Waals surface area contributed by atoms with Crippen molar-refractivity contribution in [1.82, 2.24) is 20.4 Å². The Kier molecular flexibility index (Phi) is 4.97. The molecule has 0 aliphatic carbocycles. The predicted molar refractivity (Wildman–Crippen MR) is 86.6 cm³/mol. The van der Waals surface area contributed by atoms with E-state index in [1.54, 1.807) is 11.3 Å². The Morgan fingerprint density at radius 3 is 2.77 bits per heavy atom. The maximum atomic E-state index is 12.0. The molecule has 2 aromatic heterocycles. The average Bonchev–Trinajstić information content (AvgIpc) is 3.06. The predicted octanol–water partition coefficient (Wildman–Crippen LogP) is 2.71. The maximum Gasteiger partial charge on any atom is 0.257 e. The van der Waals surface area contributed by atoms with E-state index in [1.807, 2.05) is 57.2 Å². The molecule has 0 saturated carbocycles. The molecule has 0 aliphatic heterocycles. The number of aromatic nitrogens is 2. The quantitative estimate of drug-likeness (QED) is 0.916. The molecule has 0 aliphatic rings. The van der Waals surface area contributed by atoms with Crippen molar-refractivity contribution in [3.63, 3.8) is 0 Å². The number of nitrogens with one attached hydrogen (secondary N) is 1. The smallest absolute Gasteiger partial charge is 0.257 e. The summed E-state index contributed by atoms with van der Waals surface area (Å²) in [5.41, 5.74) is -0.238. The summed E-state index contributed by atoms with van der Waals surface area (Å²) < 4.78 is 5.71. The Balaban J connectivity index is 1.99. The molecule has 1 amide bonds. The van der Waals surface area contributed by atoms with Gasteiger partial charge in [0.05, 0.1) is 17.5 Å². The summed E-state index contributed by atoms with van der Waals surface area (Å²) in [6, 6.07) is 3.75. The van der Waals surface area contributed by atoms with Crippen LogP contribution in [0.4, 0.5) is 0 Å². The number of amides is 1. The molecule has 0 fully saturated rings. The van der Waals surface area contributed by atoms with Gasteiger partial charge >= 0.3 is 0 Å². The van der Waals surface area contributed by atoms with Crippen LogP contribution in [0.25, 0.3) is 10.8 Å². The number of carbonyl (C=O) groups is 1. The van der Waals surface area contributed by atoms with Gasteiger partial charge in [0.15, 0.2) is 0 Å². The molecule has 0 radical (unpaired) electrons. The maximum absolute atomic E-state index is 12.0. The fraction of sp³-hybridized carbons (Fsp3) is 0.533. The molecule has 2 aromatic rings. The van der Waals surface area contributed by atoms with E-state index in [0.29, 0.717) is 11.8 Å². The number of hydrogen-bond donors (Lipinski definition) is 1. The van der Waals surface area contributed by atoms with Gasteiger partial charge in [0.1, 0.15) is 0 Å². The molecule has 0 aromatic carbocycles. The Morgan fingerprint density at radius 1 is 1.45 bits per heavy atom. The molecule has 22 heavy (non-hydrogen) atoms. The third-order valence-electron chi connectivity index (χ3n) is 3.10. The van der Waals surface area contributed by atoms with Gasteiger partial charge in [0.2, 0.25) is 11.8 Å². The fourth-order valence-corrected chi connectivity index (χ4v) is 2.56. The van der Waals surface area contributed by atoms with Crippen molar-refractivity contribution >= 4 is 17.2 Å². The van der Waals surface area contributed by atoms with Crippen molar-refractivity contribution in [3.05, 3.63) is 23.4 Å². The number of thiophene rings is 1. The summed E-state index contributed by atoms with van der Waals surface area (Å²) in [7, 11) is 1.86. The summed E-state index contributed by atoms with van der Waals surface area (Å²) in [4.78, 5) is 14.8. The highest BCUT2D eigenvalue weighted by Crippen LogP contribution is 2.26. The van der Waals surface area contributed by atoms with E-state index in [9.17, 15) is 4.79 Å². The highest BCUT2D eigenvalue weighted by Gasteiger charge is 2.22. The summed E-state index contributed by atoms with van der Waals surface area (Å²) >= 11 is 1.55. The summed E-state index contributed by atoms with van der Waals surface area (Å²) in [5.74, 6) is 0.999. The molecule has 0 unspecified atom stereocenters. The zero-order valence-corrected chi connectivity index (χ0v) is 14.4. The minimum Gasteiger partial charge on any atom is -0.418 e. The van der Waals surface area contributed by atoms with Crippen LogP contribution in [0.15, 0.2) is 21.9 Å². The van der Waals surface area contributed by atoms with Crippen molar-refractivity contribution in [3.8, 4) is 10.8 Å².